The fraction of sp³-hybridized carbons (Fsp3) is 0.500. The molecule has 142 valence electrons. The van der Waals surface area contributed by atoms with Crippen LogP contribution in [-0.2, 0) is 11.3 Å². The molecule has 27 heavy (non-hydrogen) atoms. The van der Waals surface area contributed by atoms with Gasteiger partial charge >= 0.3 is 0 Å². The van der Waals surface area contributed by atoms with Crippen molar-refractivity contribution in [3.8, 4) is 0 Å². The Hall–Kier alpha value is -2.97. The maximum absolute atomic E-state index is 12.6. The molecular weight excluding hydrogens is 346 g/mol. The lowest BCUT2D eigenvalue weighted by Gasteiger charge is -2.32. The van der Waals surface area contributed by atoms with Gasteiger partial charge in [-0.1, -0.05) is 0 Å². The Morgan fingerprint density at radius 1 is 1.37 bits per heavy atom. The maximum atomic E-state index is 12.6. The Labute approximate surface area is 156 Å². The third-order valence-electron chi connectivity index (χ3n) is 5.34. The van der Waals surface area contributed by atoms with Gasteiger partial charge in [-0.25, -0.2) is 14.5 Å². The van der Waals surface area contributed by atoms with Gasteiger partial charge in [0.05, 0.1) is 6.54 Å². The summed E-state index contributed by atoms with van der Waals surface area (Å²) in [6, 6.07) is 1.93. The first-order chi connectivity index (χ1) is 13.0. The third kappa shape index (κ3) is 3.36. The van der Waals surface area contributed by atoms with Gasteiger partial charge in [-0.3, -0.25) is 19.4 Å². The van der Waals surface area contributed by atoms with Crippen molar-refractivity contribution < 1.29 is 4.79 Å². The van der Waals surface area contributed by atoms with E-state index in [1.807, 2.05) is 17.9 Å². The number of amides is 1. The van der Waals surface area contributed by atoms with Crippen LogP contribution in [0.15, 0.2) is 23.5 Å². The molecule has 0 unspecified atom stereocenters. The smallest absolute Gasteiger partial charge is 0.275 e. The molecule has 1 saturated heterocycles. The first-order valence-electron chi connectivity index (χ1n) is 9.22. The number of hydrogen-bond acceptors (Lipinski definition) is 5. The number of piperidine rings is 1. The Bertz CT molecular complexity index is 1020. The molecule has 0 radical (unpaired) electrons. The van der Waals surface area contributed by atoms with Gasteiger partial charge in [-0.2, -0.15) is 5.10 Å². The Balaban J connectivity index is 1.49. The van der Waals surface area contributed by atoms with Crippen molar-refractivity contribution in [3.63, 3.8) is 0 Å². The third-order valence-corrected chi connectivity index (χ3v) is 5.34. The number of hydrogen-bond donors (Lipinski definition) is 1. The second kappa shape index (κ2) is 6.98. The van der Waals surface area contributed by atoms with Crippen LogP contribution in [0.4, 0.5) is 0 Å². The lowest BCUT2D eigenvalue weighted by atomic mass is 9.94. The molecule has 9 nitrogen and oxygen atoms in total. The van der Waals surface area contributed by atoms with Crippen LogP contribution in [0.5, 0.6) is 0 Å². The Morgan fingerprint density at radius 2 is 2.22 bits per heavy atom. The highest BCUT2D eigenvalue weighted by Gasteiger charge is 2.26. The Morgan fingerprint density at radius 3 is 3.00 bits per heavy atom. The predicted molar refractivity (Wildman–Crippen MR) is 98.5 cm³/mol. The van der Waals surface area contributed by atoms with E-state index in [4.69, 9.17) is 0 Å². The van der Waals surface area contributed by atoms with Gasteiger partial charge in [0.15, 0.2) is 5.65 Å². The molecule has 9 heteroatoms. The summed E-state index contributed by atoms with van der Waals surface area (Å²) >= 11 is 0. The van der Waals surface area contributed by atoms with E-state index in [9.17, 15) is 9.59 Å². The molecule has 4 rings (SSSR count). The average molecular weight is 369 g/mol. The summed E-state index contributed by atoms with van der Waals surface area (Å²) in [5.41, 5.74) is 2.92. The first-order valence-corrected chi connectivity index (χ1v) is 9.22. The van der Waals surface area contributed by atoms with Gasteiger partial charge in [0.2, 0.25) is 5.91 Å². The zero-order valence-electron chi connectivity index (χ0n) is 15.6. The number of nitrogens with one attached hydrogen (secondary N) is 1. The molecule has 4 heterocycles. The molecule has 1 aliphatic heterocycles. The van der Waals surface area contributed by atoms with Crippen LogP contribution in [0.1, 0.15) is 42.1 Å². The van der Waals surface area contributed by atoms with Gasteiger partial charge in [-0.05, 0) is 26.7 Å². The normalized spacial score (nSPS) is 17.6. The van der Waals surface area contributed by atoms with Crippen LogP contribution in [0, 0.1) is 13.8 Å². The van der Waals surface area contributed by atoms with Crippen LogP contribution in [-0.4, -0.2) is 53.3 Å². The fourth-order valence-corrected chi connectivity index (χ4v) is 3.62. The number of carbonyl (C=O) groups is 1. The molecule has 1 N–H and O–H groups in total. The largest absolute Gasteiger partial charge is 0.342 e. The fourth-order valence-electron chi connectivity index (χ4n) is 3.62. The van der Waals surface area contributed by atoms with Crippen LogP contribution in [0.2, 0.25) is 0 Å². The lowest BCUT2D eigenvalue weighted by Crippen LogP contribution is -2.39. The van der Waals surface area contributed by atoms with Crippen LogP contribution in [0.25, 0.3) is 5.65 Å². The Kier molecular flexibility index (Phi) is 4.51. The lowest BCUT2D eigenvalue weighted by molar-refractivity contribution is -0.132. The number of aromatic amines is 1. The zero-order chi connectivity index (χ0) is 19.0. The van der Waals surface area contributed by atoms with Crippen molar-refractivity contribution in [1.82, 2.24) is 34.3 Å². The van der Waals surface area contributed by atoms with Crippen molar-refractivity contribution in [2.24, 2.45) is 0 Å². The van der Waals surface area contributed by atoms with Gasteiger partial charge in [0.25, 0.3) is 5.56 Å². The molecule has 1 atom stereocenters. The summed E-state index contributed by atoms with van der Waals surface area (Å²) in [5, 5.41) is 7.23. The van der Waals surface area contributed by atoms with Gasteiger partial charge in [-0.15, -0.1) is 0 Å². The molecule has 0 saturated carbocycles. The number of fused-ring (bicyclic) bond motifs is 1. The summed E-state index contributed by atoms with van der Waals surface area (Å²) < 4.78 is 3.17. The zero-order valence-corrected chi connectivity index (χ0v) is 15.6. The van der Waals surface area contributed by atoms with E-state index in [1.165, 1.54) is 10.8 Å². The van der Waals surface area contributed by atoms with Crippen LogP contribution >= 0.6 is 0 Å². The minimum Gasteiger partial charge on any atom is -0.342 e. The summed E-state index contributed by atoms with van der Waals surface area (Å²) in [4.78, 5) is 35.3. The highest BCUT2D eigenvalue weighted by molar-refractivity contribution is 5.76. The minimum atomic E-state index is -0.0691. The molecular formula is C18H23N7O2. The monoisotopic (exact) mass is 369 g/mol. The predicted octanol–water partition coefficient (Wildman–Crippen LogP) is 1.03. The minimum absolute atomic E-state index is 0.0691. The SMILES string of the molecule is Cc1nc2cc([C@@H]3CCCN(C(=O)CCn4cncn4)C3)[nH]n2c(=O)c1C. The van der Waals surface area contributed by atoms with Crippen molar-refractivity contribution >= 4 is 11.6 Å². The van der Waals surface area contributed by atoms with Gasteiger partial charge < -0.3 is 4.90 Å². The maximum Gasteiger partial charge on any atom is 0.275 e. The van der Waals surface area contributed by atoms with Crippen molar-refractivity contribution in [1.29, 1.82) is 0 Å². The number of likely N-dealkylation sites (tertiary alicyclic amines) is 1. The number of rotatable bonds is 4. The molecule has 0 aromatic carbocycles. The van der Waals surface area contributed by atoms with Gasteiger partial charge in [0.1, 0.15) is 12.7 Å². The van der Waals surface area contributed by atoms with Gasteiger partial charge in [0, 0.05) is 48.4 Å². The quantitative estimate of drug-likeness (QED) is 0.740. The summed E-state index contributed by atoms with van der Waals surface area (Å²) in [5.74, 6) is 0.295. The van der Waals surface area contributed by atoms with E-state index in [1.54, 1.807) is 17.9 Å². The molecule has 1 fully saturated rings. The van der Waals surface area contributed by atoms with Crippen LogP contribution < -0.4 is 5.56 Å². The second-order valence-electron chi connectivity index (χ2n) is 7.12. The number of nitrogens with zero attached hydrogens (tertiary/aromatic N) is 6. The van der Waals surface area contributed by atoms with E-state index in [-0.39, 0.29) is 17.4 Å². The number of aryl methyl sites for hydroxylation is 2. The molecule has 0 spiro atoms. The second-order valence-corrected chi connectivity index (χ2v) is 7.12. The van der Waals surface area contributed by atoms with Crippen molar-refractivity contribution in [2.45, 2.75) is 45.6 Å². The number of aromatic nitrogens is 6. The topological polar surface area (TPSA) is 101 Å². The molecule has 0 bridgehead atoms. The molecule has 1 aliphatic rings. The van der Waals surface area contributed by atoms with E-state index >= 15 is 0 Å². The summed E-state index contributed by atoms with van der Waals surface area (Å²) in [6.07, 6.45) is 5.41. The molecule has 1 amide bonds. The average Bonchev–Trinajstić information content (AvgIpc) is 3.34. The van der Waals surface area contributed by atoms with E-state index in [0.29, 0.717) is 30.7 Å². The van der Waals surface area contributed by atoms with E-state index < -0.39 is 0 Å². The first kappa shape index (κ1) is 17.4. The highest BCUT2D eigenvalue weighted by Crippen LogP contribution is 2.26. The summed E-state index contributed by atoms with van der Waals surface area (Å²) in [7, 11) is 0. The molecule has 0 aliphatic carbocycles. The molecule has 3 aromatic rings. The summed E-state index contributed by atoms with van der Waals surface area (Å²) in [6.45, 7) is 5.58. The number of carbonyl (C=O) groups excluding carboxylic acids is 1. The van der Waals surface area contributed by atoms with E-state index in [0.717, 1.165) is 30.8 Å². The van der Waals surface area contributed by atoms with E-state index in [2.05, 4.69) is 20.2 Å². The highest BCUT2D eigenvalue weighted by atomic mass is 16.2. The molecule has 3 aromatic heterocycles. The van der Waals surface area contributed by atoms with Crippen molar-refractivity contribution in [2.75, 3.05) is 13.1 Å². The standard InChI is InChI=1S/C18H23N7O2/c1-12-13(2)21-16-8-15(22-25(16)18(12)27)14-4-3-6-23(9-14)17(26)5-7-24-11-19-10-20-24/h8,10-11,14,22H,3-7,9H2,1-2H3/t14-/m1/s1. The van der Waals surface area contributed by atoms with Crippen molar-refractivity contribution in [3.05, 3.63) is 46.0 Å². The van der Waals surface area contributed by atoms with Crippen LogP contribution in [0.3, 0.4) is 0 Å². The number of H-pyrrole nitrogens is 1.